The molecule has 1 aliphatic rings. The summed E-state index contributed by atoms with van der Waals surface area (Å²) in [5.41, 5.74) is 0.846. The number of hydrogen-bond acceptors (Lipinski definition) is 3. The molecule has 1 heterocycles. The molecule has 0 unspecified atom stereocenters. The number of benzene rings is 1. The van der Waals surface area contributed by atoms with Crippen LogP contribution in [-0.4, -0.2) is 46.9 Å². The highest BCUT2D eigenvalue weighted by Crippen LogP contribution is 2.08. The van der Waals surface area contributed by atoms with Crippen molar-refractivity contribution < 1.29 is 19.5 Å². The molecule has 0 spiro atoms. The molecule has 6 nitrogen and oxygen atoms in total. The number of urea groups is 1. The Hall–Kier alpha value is -2.37. The molecule has 0 aromatic heterocycles. The molecule has 0 saturated carbocycles. The maximum Gasteiger partial charge on any atom is 0.326 e. The standard InChI is InChI=1S/C15H18N2O4/c18-12-6-8-17(9-7-12)15(21)16-13(14(19)20)10-11-4-2-1-3-5-11/h1-5,13H,6-10H2,(H,16,21)(H,19,20)/t13-/m0/s1. The Morgan fingerprint density at radius 1 is 1.19 bits per heavy atom. The molecule has 1 fully saturated rings. The summed E-state index contributed by atoms with van der Waals surface area (Å²) in [7, 11) is 0. The normalized spacial score (nSPS) is 16.4. The average molecular weight is 290 g/mol. The van der Waals surface area contributed by atoms with Gasteiger partial charge < -0.3 is 15.3 Å². The number of hydrogen-bond donors (Lipinski definition) is 2. The molecule has 1 saturated heterocycles. The van der Waals surface area contributed by atoms with Crippen molar-refractivity contribution in [3.05, 3.63) is 35.9 Å². The fourth-order valence-corrected chi connectivity index (χ4v) is 2.25. The van der Waals surface area contributed by atoms with Crippen LogP contribution in [0.25, 0.3) is 0 Å². The molecule has 2 amide bonds. The van der Waals surface area contributed by atoms with Crippen molar-refractivity contribution in [3.63, 3.8) is 0 Å². The second kappa shape index (κ2) is 6.88. The molecule has 6 heteroatoms. The first-order valence-corrected chi connectivity index (χ1v) is 6.90. The van der Waals surface area contributed by atoms with Crippen LogP contribution in [-0.2, 0) is 16.0 Å². The minimum Gasteiger partial charge on any atom is -0.480 e. The van der Waals surface area contributed by atoms with Crippen LogP contribution < -0.4 is 5.32 Å². The lowest BCUT2D eigenvalue weighted by atomic mass is 10.1. The predicted molar refractivity (Wildman–Crippen MR) is 75.9 cm³/mol. The first kappa shape index (κ1) is 15.0. The van der Waals surface area contributed by atoms with Gasteiger partial charge in [-0.1, -0.05) is 30.3 Å². The second-order valence-corrected chi connectivity index (χ2v) is 5.06. The van der Waals surface area contributed by atoms with Crippen LogP contribution in [0.2, 0.25) is 0 Å². The number of nitrogens with one attached hydrogen (secondary N) is 1. The zero-order chi connectivity index (χ0) is 15.2. The molecule has 2 rings (SSSR count). The third-order valence-electron chi connectivity index (χ3n) is 3.49. The van der Waals surface area contributed by atoms with Crippen LogP contribution in [0.1, 0.15) is 18.4 Å². The summed E-state index contributed by atoms with van der Waals surface area (Å²) in [5, 5.41) is 11.8. The van der Waals surface area contributed by atoms with Gasteiger partial charge >= 0.3 is 12.0 Å². The summed E-state index contributed by atoms with van der Waals surface area (Å²) in [6.45, 7) is 0.699. The molecular formula is C15H18N2O4. The van der Waals surface area contributed by atoms with Gasteiger partial charge in [-0.15, -0.1) is 0 Å². The Morgan fingerprint density at radius 3 is 2.38 bits per heavy atom. The van der Waals surface area contributed by atoms with E-state index in [0.29, 0.717) is 25.9 Å². The minimum atomic E-state index is -1.07. The first-order valence-electron chi connectivity index (χ1n) is 6.90. The smallest absolute Gasteiger partial charge is 0.326 e. The van der Waals surface area contributed by atoms with Crippen molar-refractivity contribution >= 4 is 17.8 Å². The van der Waals surface area contributed by atoms with Crippen LogP contribution in [0.5, 0.6) is 0 Å². The van der Waals surface area contributed by atoms with Crippen LogP contribution in [0.3, 0.4) is 0 Å². The number of ketones is 1. The van der Waals surface area contributed by atoms with Crippen molar-refractivity contribution in [2.24, 2.45) is 0 Å². The van der Waals surface area contributed by atoms with Gasteiger partial charge in [-0.25, -0.2) is 9.59 Å². The van der Waals surface area contributed by atoms with E-state index in [2.05, 4.69) is 5.32 Å². The topological polar surface area (TPSA) is 86.7 Å². The lowest BCUT2D eigenvalue weighted by molar-refractivity contribution is -0.139. The van der Waals surface area contributed by atoms with Crippen LogP contribution in [0, 0.1) is 0 Å². The molecule has 21 heavy (non-hydrogen) atoms. The Kier molecular flexibility index (Phi) is 4.92. The van der Waals surface area contributed by atoms with Crippen molar-refractivity contribution in [1.29, 1.82) is 0 Å². The number of carboxylic acids is 1. The van der Waals surface area contributed by atoms with Gasteiger partial charge in [-0.05, 0) is 5.56 Å². The summed E-state index contributed by atoms with van der Waals surface area (Å²) in [6.07, 6.45) is 0.905. The first-order chi connectivity index (χ1) is 10.1. The SMILES string of the molecule is O=C1CCN(C(=O)N[C@@H](Cc2ccccc2)C(=O)O)CC1. The highest BCUT2D eigenvalue weighted by Gasteiger charge is 2.25. The number of Topliss-reactive ketones (excluding diaryl/α,β-unsaturated/α-hetero) is 1. The molecule has 0 radical (unpaired) electrons. The predicted octanol–water partition coefficient (Wildman–Crippen LogP) is 1.06. The molecule has 112 valence electrons. The zero-order valence-electron chi connectivity index (χ0n) is 11.6. The van der Waals surface area contributed by atoms with Crippen molar-refractivity contribution in [1.82, 2.24) is 10.2 Å². The van der Waals surface area contributed by atoms with Crippen LogP contribution in [0.15, 0.2) is 30.3 Å². The van der Waals surface area contributed by atoms with E-state index in [1.54, 1.807) is 0 Å². The fraction of sp³-hybridized carbons (Fsp3) is 0.400. The summed E-state index contributed by atoms with van der Waals surface area (Å²) in [5.74, 6) is -0.932. The average Bonchev–Trinajstić information content (AvgIpc) is 2.48. The van der Waals surface area contributed by atoms with E-state index in [1.165, 1.54) is 4.90 Å². The molecule has 1 atom stereocenters. The Labute approximate surface area is 122 Å². The number of carbonyl (C=O) groups excluding carboxylic acids is 2. The van der Waals surface area contributed by atoms with Crippen molar-refractivity contribution in [2.45, 2.75) is 25.3 Å². The van der Waals surface area contributed by atoms with E-state index < -0.39 is 18.0 Å². The van der Waals surface area contributed by atoms with Gasteiger partial charge in [0.25, 0.3) is 0 Å². The number of carboxylic acid groups (broad SMARTS) is 1. The fourth-order valence-electron chi connectivity index (χ4n) is 2.25. The number of nitrogens with zero attached hydrogens (tertiary/aromatic N) is 1. The van der Waals surface area contributed by atoms with Gasteiger partial charge in [0.1, 0.15) is 11.8 Å². The Balaban J connectivity index is 1.95. The monoisotopic (exact) mass is 290 g/mol. The molecule has 0 bridgehead atoms. The van der Waals surface area contributed by atoms with E-state index in [0.717, 1.165) is 5.56 Å². The summed E-state index contributed by atoms with van der Waals surface area (Å²) < 4.78 is 0. The molecule has 1 aromatic rings. The van der Waals surface area contributed by atoms with E-state index >= 15 is 0 Å². The summed E-state index contributed by atoms with van der Waals surface area (Å²) in [4.78, 5) is 36.0. The number of aliphatic carboxylic acids is 1. The maximum atomic E-state index is 12.1. The van der Waals surface area contributed by atoms with Gasteiger partial charge in [0.15, 0.2) is 0 Å². The van der Waals surface area contributed by atoms with E-state index in [9.17, 15) is 19.5 Å². The minimum absolute atomic E-state index is 0.137. The molecule has 1 aromatic carbocycles. The highest BCUT2D eigenvalue weighted by molar-refractivity contribution is 5.85. The lowest BCUT2D eigenvalue weighted by Gasteiger charge is -2.27. The molecule has 1 aliphatic heterocycles. The van der Waals surface area contributed by atoms with E-state index in [1.807, 2.05) is 30.3 Å². The number of piperidine rings is 1. The quantitative estimate of drug-likeness (QED) is 0.868. The maximum absolute atomic E-state index is 12.1. The summed E-state index contributed by atoms with van der Waals surface area (Å²) >= 11 is 0. The van der Waals surface area contributed by atoms with E-state index in [4.69, 9.17) is 0 Å². The molecule has 0 aliphatic carbocycles. The largest absolute Gasteiger partial charge is 0.480 e. The number of likely N-dealkylation sites (tertiary alicyclic amines) is 1. The van der Waals surface area contributed by atoms with Crippen LogP contribution in [0.4, 0.5) is 4.79 Å². The van der Waals surface area contributed by atoms with Gasteiger partial charge in [0.2, 0.25) is 0 Å². The third kappa shape index (κ3) is 4.30. The number of amides is 2. The van der Waals surface area contributed by atoms with Gasteiger partial charge in [-0.2, -0.15) is 0 Å². The third-order valence-corrected chi connectivity index (χ3v) is 3.49. The number of carbonyl (C=O) groups is 3. The Bertz CT molecular complexity index is 520. The summed E-state index contributed by atoms with van der Waals surface area (Å²) in [6, 6.07) is 7.74. The van der Waals surface area contributed by atoms with Crippen LogP contribution >= 0.6 is 0 Å². The lowest BCUT2D eigenvalue weighted by Crippen LogP contribution is -2.51. The van der Waals surface area contributed by atoms with E-state index in [-0.39, 0.29) is 12.2 Å². The molecular weight excluding hydrogens is 272 g/mol. The molecule has 2 N–H and O–H groups in total. The zero-order valence-corrected chi connectivity index (χ0v) is 11.6. The second-order valence-electron chi connectivity index (χ2n) is 5.06. The van der Waals surface area contributed by atoms with Gasteiger partial charge in [0, 0.05) is 32.4 Å². The highest BCUT2D eigenvalue weighted by atomic mass is 16.4. The van der Waals surface area contributed by atoms with Gasteiger partial charge in [-0.3, -0.25) is 4.79 Å². The number of rotatable bonds is 4. The Morgan fingerprint density at radius 2 is 1.81 bits per heavy atom. The van der Waals surface area contributed by atoms with Crippen molar-refractivity contribution in [2.75, 3.05) is 13.1 Å². The van der Waals surface area contributed by atoms with Gasteiger partial charge in [0.05, 0.1) is 0 Å². The van der Waals surface area contributed by atoms with Crippen molar-refractivity contribution in [3.8, 4) is 0 Å².